The van der Waals surface area contributed by atoms with Crippen molar-refractivity contribution >= 4 is 28.0 Å². The van der Waals surface area contributed by atoms with Gasteiger partial charge in [-0.15, -0.1) is 0 Å². The van der Waals surface area contributed by atoms with Crippen molar-refractivity contribution in [3.63, 3.8) is 0 Å². The molecule has 2 aliphatic heterocycles. The second kappa shape index (κ2) is 10.7. The number of benzene rings is 1. The van der Waals surface area contributed by atoms with Gasteiger partial charge >= 0.3 is 0 Å². The first kappa shape index (κ1) is 27.1. The van der Waals surface area contributed by atoms with Crippen molar-refractivity contribution in [1.82, 2.24) is 38.9 Å². The third-order valence-corrected chi connectivity index (χ3v) is 8.25. The van der Waals surface area contributed by atoms with Crippen LogP contribution in [0.2, 0.25) is 0 Å². The van der Waals surface area contributed by atoms with Crippen molar-refractivity contribution in [3.8, 4) is 5.95 Å². The number of rotatable bonds is 7. The predicted molar refractivity (Wildman–Crippen MR) is 156 cm³/mol. The molecule has 40 heavy (non-hydrogen) atoms. The van der Waals surface area contributed by atoms with E-state index in [1.54, 1.807) is 0 Å². The van der Waals surface area contributed by atoms with Gasteiger partial charge in [-0.3, -0.25) is 14.4 Å². The molecule has 1 N–H and O–H groups in total. The first-order valence-corrected chi connectivity index (χ1v) is 14.4. The Hall–Kier alpha value is -3.12. The van der Waals surface area contributed by atoms with Gasteiger partial charge in [0.2, 0.25) is 5.95 Å². The third kappa shape index (κ3) is 4.96. The molecule has 0 bridgehead atoms. The van der Waals surface area contributed by atoms with E-state index in [9.17, 15) is 5.11 Å². The fourth-order valence-corrected chi connectivity index (χ4v) is 6.14. The van der Waals surface area contributed by atoms with Crippen LogP contribution in [-0.2, 0) is 24.8 Å². The van der Waals surface area contributed by atoms with E-state index in [0.29, 0.717) is 32.3 Å². The number of aliphatic hydroxyl groups is 1. The molecule has 11 nitrogen and oxygen atoms in total. The number of piperazine rings is 1. The van der Waals surface area contributed by atoms with Crippen LogP contribution < -0.4 is 4.90 Å². The van der Waals surface area contributed by atoms with E-state index >= 15 is 0 Å². The van der Waals surface area contributed by atoms with Gasteiger partial charge in [0, 0.05) is 58.3 Å². The highest BCUT2D eigenvalue weighted by molar-refractivity contribution is 5.86. The molecule has 0 aliphatic carbocycles. The summed E-state index contributed by atoms with van der Waals surface area (Å²) in [6.07, 6.45) is 0.449. The summed E-state index contributed by atoms with van der Waals surface area (Å²) in [5.41, 5.74) is 3.55. The molecule has 0 saturated carbocycles. The van der Waals surface area contributed by atoms with Gasteiger partial charge in [-0.05, 0) is 32.9 Å². The van der Waals surface area contributed by atoms with Gasteiger partial charge in [-0.25, -0.2) is 9.97 Å². The summed E-state index contributed by atoms with van der Waals surface area (Å²) in [6.45, 7) is 15.5. The second-order valence-corrected chi connectivity index (χ2v) is 11.7. The van der Waals surface area contributed by atoms with Gasteiger partial charge in [0.25, 0.3) is 0 Å². The van der Waals surface area contributed by atoms with Gasteiger partial charge in [0.05, 0.1) is 36.9 Å². The zero-order valence-electron chi connectivity index (χ0n) is 24.3. The normalized spacial score (nSPS) is 19.6. The molecule has 2 fully saturated rings. The molecule has 3 aromatic heterocycles. The predicted octanol–water partition coefficient (Wildman–Crippen LogP) is 2.38. The maximum absolute atomic E-state index is 9.91. The van der Waals surface area contributed by atoms with Crippen LogP contribution in [0.15, 0.2) is 24.3 Å². The number of fused-ring (bicyclic) bond motifs is 2. The molecule has 1 aromatic carbocycles. The van der Waals surface area contributed by atoms with Crippen molar-refractivity contribution in [2.45, 2.75) is 52.3 Å². The SMILES string of the molecule is CCc1nc2ccccc2n1-c1nc(N2CCOCC2)c2nc(CN3CCN(C[C@@H](C)O)CC3(C)C)n(C)c2n1. The Morgan fingerprint density at radius 2 is 1.77 bits per heavy atom. The number of β-amino-alcohol motifs (C(OH)–C–C–N with tert-alkyl or cyclic N) is 1. The summed E-state index contributed by atoms with van der Waals surface area (Å²) in [5.74, 6) is 3.39. The summed E-state index contributed by atoms with van der Waals surface area (Å²) >= 11 is 0. The van der Waals surface area contributed by atoms with E-state index in [0.717, 1.165) is 78.8 Å². The minimum Gasteiger partial charge on any atom is -0.392 e. The van der Waals surface area contributed by atoms with Gasteiger partial charge in [0.1, 0.15) is 11.6 Å². The van der Waals surface area contributed by atoms with E-state index in [-0.39, 0.29) is 11.6 Å². The molecule has 4 aromatic rings. The lowest BCUT2D eigenvalue weighted by Gasteiger charge is -2.47. The van der Waals surface area contributed by atoms with Crippen molar-refractivity contribution in [1.29, 1.82) is 0 Å². The van der Waals surface area contributed by atoms with Crippen LogP contribution in [0.25, 0.3) is 28.1 Å². The molecule has 214 valence electrons. The quantitative estimate of drug-likeness (QED) is 0.374. The fourth-order valence-electron chi connectivity index (χ4n) is 6.14. The Morgan fingerprint density at radius 3 is 2.50 bits per heavy atom. The number of hydrogen-bond acceptors (Lipinski definition) is 9. The average Bonchev–Trinajstić information content (AvgIpc) is 3.47. The van der Waals surface area contributed by atoms with E-state index in [1.807, 2.05) is 25.1 Å². The number of para-hydroxylation sites is 2. The number of hydrogen-bond donors (Lipinski definition) is 1. The van der Waals surface area contributed by atoms with Crippen molar-refractivity contribution in [3.05, 3.63) is 35.9 Å². The van der Waals surface area contributed by atoms with Crippen LogP contribution >= 0.6 is 0 Å². The summed E-state index contributed by atoms with van der Waals surface area (Å²) < 4.78 is 9.89. The summed E-state index contributed by atoms with van der Waals surface area (Å²) in [7, 11) is 2.06. The van der Waals surface area contributed by atoms with Crippen LogP contribution in [0.5, 0.6) is 0 Å². The molecule has 11 heteroatoms. The molecule has 6 rings (SSSR count). The second-order valence-electron chi connectivity index (χ2n) is 11.7. The van der Waals surface area contributed by atoms with Crippen LogP contribution in [0.1, 0.15) is 39.3 Å². The number of anilines is 1. The van der Waals surface area contributed by atoms with E-state index in [2.05, 4.69) is 57.7 Å². The van der Waals surface area contributed by atoms with Crippen LogP contribution in [-0.4, -0.2) is 108 Å². The first-order chi connectivity index (χ1) is 19.2. The first-order valence-electron chi connectivity index (χ1n) is 14.4. The summed E-state index contributed by atoms with van der Waals surface area (Å²) in [6, 6.07) is 8.17. The standard InChI is InChI=1S/C29H41N9O2/c1-6-23-30-21-9-7-8-10-22(21)38(23)28-32-26-25(27(33-28)36-13-15-40-16-14-36)31-24(34(26)5)18-37-12-11-35(17-20(2)39)19-29(37,3)4/h7-10,20,39H,6,11-19H2,1-5H3/t20-/m1/s1. The van der Waals surface area contributed by atoms with Crippen LogP contribution in [0.3, 0.4) is 0 Å². The molecule has 2 aliphatic rings. The van der Waals surface area contributed by atoms with E-state index < -0.39 is 0 Å². The molecule has 0 spiro atoms. The van der Waals surface area contributed by atoms with E-state index in [4.69, 9.17) is 24.7 Å². The number of ether oxygens (including phenoxy) is 1. The Kier molecular flexibility index (Phi) is 7.24. The molecule has 0 radical (unpaired) electrons. The maximum atomic E-state index is 9.91. The zero-order valence-corrected chi connectivity index (χ0v) is 24.3. The average molecular weight is 548 g/mol. The topological polar surface area (TPSA) is 101 Å². The van der Waals surface area contributed by atoms with Crippen molar-refractivity contribution in [2.75, 3.05) is 57.4 Å². The van der Waals surface area contributed by atoms with Crippen LogP contribution in [0, 0.1) is 0 Å². The molecule has 2 saturated heterocycles. The smallest absolute Gasteiger partial charge is 0.239 e. The van der Waals surface area contributed by atoms with Gasteiger partial charge in [0.15, 0.2) is 17.0 Å². The largest absolute Gasteiger partial charge is 0.392 e. The molecule has 0 unspecified atom stereocenters. The monoisotopic (exact) mass is 547 g/mol. The van der Waals surface area contributed by atoms with Gasteiger partial charge in [-0.1, -0.05) is 19.1 Å². The Labute approximate surface area is 235 Å². The maximum Gasteiger partial charge on any atom is 0.239 e. The number of nitrogens with zero attached hydrogens (tertiary/aromatic N) is 9. The Morgan fingerprint density at radius 1 is 1.00 bits per heavy atom. The minimum absolute atomic E-state index is 0.0547. The Bertz CT molecular complexity index is 1500. The van der Waals surface area contributed by atoms with Crippen LogP contribution in [0.4, 0.5) is 5.82 Å². The van der Waals surface area contributed by atoms with Crippen molar-refractivity contribution < 1.29 is 9.84 Å². The summed E-state index contributed by atoms with van der Waals surface area (Å²) in [5, 5.41) is 9.91. The molecule has 5 heterocycles. The Balaban J connectivity index is 1.43. The number of morpholine rings is 1. The lowest BCUT2D eigenvalue weighted by Crippen LogP contribution is -2.59. The summed E-state index contributed by atoms with van der Waals surface area (Å²) in [4.78, 5) is 27.5. The van der Waals surface area contributed by atoms with Gasteiger partial charge < -0.3 is 19.3 Å². The molecule has 1 atom stereocenters. The fraction of sp³-hybridized carbons (Fsp3) is 0.586. The molecular formula is C29H41N9O2. The highest BCUT2D eigenvalue weighted by atomic mass is 16.5. The minimum atomic E-state index is -0.325. The highest BCUT2D eigenvalue weighted by Gasteiger charge is 2.35. The lowest BCUT2D eigenvalue weighted by molar-refractivity contribution is -0.00404. The molecule has 0 amide bonds. The third-order valence-electron chi connectivity index (χ3n) is 8.25. The van der Waals surface area contributed by atoms with E-state index in [1.165, 1.54) is 0 Å². The van der Waals surface area contributed by atoms with Gasteiger partial charge in [-0.2, -0.15) is 9.97 Å². The lowest BCUT2D eigenvalue weighted by atomic mass is 9.98. The number of aliphatic hydroxyl groups excluding tert-OH is 1. The highest BCUT2D eigenvalue weighted by Crippen LogP contribution is 2.30. The number of aryl methyl sites for hydroxylation is 2. The number of imidazole rings is 2. The zero-order chi connectivity index (χ0) is 28.0. The number of aromatic nitrogens is 6. The molecular weight excluding hydrogens is 506 g/mol. The van der Waals surface area contributed by atoms with Crippen molar-refractivity contribution in [2.24, 2.45) is 7.05 Å².